The highest BCUT2D eigenvalue weighted by molar-refractivity contribution is 8.00. The Morgan fingerprint density at radius 3 is 2.95 bits per heavy atom. The maximum Gasteiger partial charge on any atom is 0.306 e. The van der Waals surface area contributed by atoms with Crippen molar-refractivity contribution in [2.75, 3.05) is 5.32 Å². The summed E-state index contributed by atoms with van der Waals surface area (Å²) in [7, 11) is 0. The van der Waals surface area contributed by atoms with E-state index in [2.05, 4.69) is 20.5 Å². The van der Waals surface area contributed by atoms with Gasteiger partial charge in [-0.15, -0.1) is 0 Å². The Morgan fingerprint density at radius 2 is 2.33 bits per heavy atom. The van der Waals surface area contributed by atoms with Crippen LogP contribution in [0.15, 0.2) is 29.7 Å². The van der Waals surface area contributed by atoms with E-state index in [-0.39, 0.29) is 5.69 Å². The summed E-state index contributed by atoms with van der Waals surface area (Å²) >= 11 is 1.14. The van der Waals surface area contributed by atoms with Gasteiger partial charge in [-0.05, 0) is 19.1 Å². The van der Waals surface area contributed by atoms with Crippen LogP contribution in [0.25, 0.3) is 0 Å². The predicted octanol–water partition coefficient (Wildman–Crippen LogP) is 1.97. The van der Waals surface area contributed by atoms with E-state index in [9.17, 15) is 19.3 Å². The molecule has 8 nitrogen and oxygen atoms in total. The second kappa shape index (κ2) is 6.31. The van der Waals surface area contributed by atoms with Crippen LogP contribution in [0.4, 0.5) is 15.8 Å². The molecule has 110 valence electrons. The van der Waals surface area contributed by atoms with Crippen molar-refractivity contribution in [2.45, 2.75) is 17.3 Å². The normalized spacial score (nSPS) is 11.9. The summed E-state index contributed by atoms with van der Waals surface area (Å²) in [5.74, 6) is -1.35. The van der Waals surface area contributed by atoms with E-state index in [1.165, 1.54) is 12.4 Å². The largest absolute Gasteiger partial charge is 0.325 e. The van der Waals surface area contributed by atoms with Crippen LogP contribution in [0.5, 0.6) is 0 Å². The number of aromatic amines is 1. The Bertz CT molecular complexity index is 664. The van der Waals surface area contributed by atoms with E-state index in [4.69, 9.17) is 0 Å². The smallest absolute Gasteiger partial charge is 0.306 e. The highest BCUT2D eigenvalue weighted by atomic mass is 32.2. The Balaban J connectivity index is 2.05. The summed E-state index contributed by atoms with van der Waals surface area (Å²) in [5.41, 5.74) is -0.540. The number of thioether (sulfide) groups is 1. The Hall–Kier alpha value is -2.49. The van der Waals surface area contributed by atoms with Gasteiger partial charge in [-0.3, -0.25) is 20.0 Å². The van der Waals surface area contributed by atoms with Crippen molar-refractivity contribution >= 4 is 29.0 Å². The molecule has 2 rings (SSSR count). The van der Waals surface area contributed by atoms with Crippen molar-refractivity contribution in [1.82, 2.24) is 15.2 Å². The third-order valence-electron chi connectivity index (χ3n) is 2.46. The molecule has 1 aromatic carbocycles. The number of nitrogens with zero attached hydrogens (tertiary/aromatic N) is 3. The maximum atomic E-state index is 13.2. The molecule has 0 saturated heterocycles. The lowest BCUT2D eigenvalue weighted by Crippen LogP contribution is -2.22. The predicted molar refractivity (Wildman–Crippen MR) is 73.4 cm³/mol. The molecule has 0 aliphatic carbocycles. The zero-order valence-electron chi connectivity index (χ0n) is 10.7. The fraction of sp³-hybridized carbons (Fsp3) is 0.182. The fourth-order valence-electron chi connectivity index (χ4n) is 1.45. The van der Waals surface area contributed by atoms with Gasteiger partial charge in [-0.2, -0.15) is 9.49 Å². The molecule has 1 atom stereocenters. The van der Waals surface area contributed by atoms with Crippen molar-refractivity contribution in [3.8, 4) is 0 Å². The number of halogens is 1. The molecule has 1 aromatic heterocycles. The molecule has 10 heteroatoms. The van der Waals surface area contributed by atoms with Crippen LogP contribution in [0, 0.1) is 15.9 Å². The van der Waals surface area contributed by atoms with Gasteiger partial charge in [0.05, 0.1) is 10.2 Å². The zero-order valence-corrected chi connectivity index (χ0v) is 11.6. The number of carbonyl (C=O) groups excluding carboxylic acids is 1. The number of rotatable bonds is 5. The first-order chi connectivity index (χ1) is 9.97. The third kappa shape index (κ3) is 3.75. The number of aromatic nitrogens is 3. The number of carbonyl (C=O) groups is 1. The van der Waals surface area contributed by atoms with E-state index in [0.29, 0.717) is 5.16 Å². The fourth-order valence-corrected chi connectivity index (χ4v) is 2.16. The van der Waals surface area contributed by atoms with E-state index >= 15 is 0 Å². The molecule has 0 bridgehead atoms. The highest BCUT2D eigenvalue weighted by Crippen LogP contribution is 2.23. The van der Waals surface area contributed by atoms with Gasteiger partial charge >= 0.3 is 5.69 Å². The van der Waals surface area contributed by atoms with E-state index in [1.807, 2.05) is 0 Å². The lowest BCUT2D eigenvalue weighted by atomic mass is 10.2. The summed E-state index contributed by atoms with van der Waals surface area (Å²) in [6.45, 7) is 1.64. The first-order valence-corrected chi connectivity index (χ1v) is 6.62. The molecule has 21 heavy (non-hydrogen) atoms. The SMILES string of the molecule is C[C@H](Sc1ncn[nH]1)C(=O)Nc1ccc(F)c([N+](=O)[O-])c1. The zero-order chi connectivity index (χ0) is 15.4. The van der Waals surface area contributed by atoms with Crippen LogP contribution in [0.2, 0.25) is 0 Å². The average molecular weight is 311 g/mol. The average Bonchev–Trinajstić information content (AvgIpc) is 2.93. The molecule has 0 fully saturated rings. The first-order valence-electron chi connectivity index (χ1n) is 5.74. The van der Waals surface area contributed by atoms with Gasteiger partial charge in [0.15, 0.2) is 5.16 Å². The van der Waals surface area contributed by atoms with Gasteiger partial charge in [-0.1, -0.05) is 11.8 Å². The summed E-state index contributed by atoms with van der Waals surface area (Å²) in [4.78, 5) is 25.6. The van der Waals surface area contributed by atoms with Crippen LogP contribution < -0.4 is 5.32 Å². The number of hydrogen-bond acceptors (Lipinski definition) is 6. The molecule has 1 amide bonds. The number of nitrogens with one attached hydrogen (secondary N) is 2. The van der Waals surface area contributed by atoms with Gasteiger partial charge < -0.3 is 5.32 Å². The molecule has 0 aliphatic heterocycles. The minimum Gasteiger partial charge on any atom is -0.325 e. The van der Waals surface area contributed by atoms with Crippen LogP contribution in [-0.4, -0.2) is 31.3 Å². The van der Waals surface area contributed by atoms with E-state index in [0.717, 1.165) is 23.9 Å². The van der Waals surface area contributed by atoms with Gasteiger partial charge in [0, 0.05) is 11.8 Å². The number of H-pyrrole nitrogens is 1. The molecule has 0 radical (unpaired) electrons. The number of nitro groups is 1. The van der Waals surface area contributed by atoms with Gasteiger partial charge in [-0.25, -0.2) is 4.98 Å². The van der Waals surface area contributed by atoms with Gasteiger partial charge in [0.25, 0.3) is 0 Å². The van der Waals surface area contributed by atoms with Crippen LogP contribution in [0.1, 0.15) is 6.92 Å². The molecule has 0 unspecified atom stereocenters. The van der Waals surface area contributed by atoms with Crippen molar-refractivity contribution in [2.24, 2.45) is 0 Å². The molecule has 0 spiro atoms. The minimum atomic E-state index is -0.956. The van der Waals surface area contributed by atoms with Crippen LogP contribution in [0.3, 0.4) is 0 Å². The lowest BCUT2D eigenvalue weighted by molar-refractivity contribution is -0.387. The van der Waals surface area contributed by atoms with Crippen molar-refractivity contribution < 1.29 is 14.1 Å². The number of benzene rings is 1. The summed E-state index contributed by atoms with van der Waals surface area (Å²) < 4.78 is 13.2. The Morgan fingerprint density at radius 1 is 1.57 bits per heavy atom. The Kier molecular flexibility index (Phi) is 4.48. The topological polar surface area (TPSA) is 114 Å². The standard InChI is InChI=1S/C11H10FN5O3S/c1-6(21-11-13-5-14-16-11)10(18)15-7-2-3-8(12)9(4-7)17(19)20/h2-6H,1H3,(H,15,18)(H,13,14,16)/t6-/m0/s1. The van der Waals surface area contributed by atoms with E-state index in [1.54, 1.807) is 6.92 Å². The third-order valence-corrected chi connectivity index (χ3v) is 3.45. The number of amides is 1. The molecular formula is C11H10FN5O3S. The second-order valence-corrected chi connectivity index (χ2v) is 5.29. The van der Waals surface area contributed by atoms with Crippen molar-refractivity contribution in [1.29, 1.82) is 0 Å². The number of anilines is 1. The summed E-state index contributed by atoms with van der Waals surface area (Å²) in [5, 5.41) is 19.3. The van der Waals surface area contributed by atoms with Crippen LogP contribution >= 0.6 is 11.8 Å². The van der Waals surface area contributed by atoms with Gasteiger partial charge in [0.1, 0.15) is 6.33 Å². The minimum absolute atomic E-state index is 0.151. The quantitative estimate of drug-likeness (QED) is 0.496. The molecule has 2 N–H and O–H groups in total. The summed E-state index contributed by atoms with van der Waals surface area (Å²) in [6.07, 6.45) is 1.32. The molecular weight excluding hydrogens is 301 g/mol. The number of hydrogen-bond donors (Lipinski definition) is 2. The summed E-state index contributed by atoms with van der Waals surface area (Å²) in [6, 6.07) is 3.16. The Labute approximate surface area is 122 Å². The highest BCUT2D eigenvalue weighted by Gasteiger charge is 2.19. The molecule has 2 aromatic rings. The number of nitro benzene ring substituents is 1. The first kappa shape index (κ1) is 14.9. The van der Waals surface area contributed by atoms with Gasteiger partial charge in [0.2, 0.25) is 11.7 Å². The van der Waals surface area contributed by atoms with E-state index < -0.39 is 27.6 Å². The molecule has 1 heterocycles. The lowest BCUT2D eigenvalue weighted by Gasteiger charge is -2.10. The van der Waals surface area contributed by atoms with Crippen LogP contribution in [-0.2, 0) is 4.79 Å². The second-order valence-electron chi connectivity index (χ2n) is 3.96. The van der Waals surface area contributed by atoms with Crippen molar-refractivity contribution in [3.05, 3.63) is 40.5 Å². The molecule has 0 saturated carbocycles. The monoisotopic (exact) mass is 311 g/mol. The van der Waals surface area contributed by atoms with Crippen molar-refractivity contribution in [3.63, 3.8) is 0 Å². The maximum absolute atomic E-state index is 13.2. The molecule has 0 aliphatic rings.